The lowest BCUT2D eigenvalue weighted by Gasteiger charge is -2.17. The highest BCUT2D eigenvalue weighted by Crippen LogP contribution is 2.21. The van der Waals surface area contributed by atoms with Crippen molar-refractivity contribution in [2.45, 2.75) is 12.8 Å². The van der Waals surface area contributed by atoms with E-state index in [0.717, 1.165) is 12.8 Å². The molecule has 7 nitrogen and oxygen atoms in total. The van der Waals surface area contributed by atoms with Crippen molar-refractivity contribution in [2.75, 3.05) is 31.5 Å². The molecule has 1 aliphatic heterocycles. The lowest BCUT2D eigenvalue weighted by atomic mass is 10.3. The van der Waals surface area contributed by atoms with Crippen molar-refractivity contribution in [3.05, 3.63) is 24.3 Å². The van der Waals surface area contributed by atoms with Crippen molar-refractivity contribution in [2.24, 2.45) is 0 Å². The predicted molar refractivity (Wildman–Crippen MR) is 77.3 cm³/mol. The first-order valence-corrected chi connectivity index (χ1v) is 8.03. The Labute approximate surface area is 124 Å². The summed E-state index contributed by atoms with van der Waals surface area (Å²) in [5, 5.41) is 0. The first-order valence-electron chi connectivity index (χ1n) is 6.59. The predicted octanol–water partition coefficient (Wildman–Crippen LogP) is 0.991. The SMILES string of the molecule is COC(=O)COc1cccc(NS(=O)(=O)N2CCCC2)c1. The second kappa shape index (κ2) is 6.77. The van der Waals surface area contributed by atoms with Crippen LogP contribution in [0.2, 0.25) is 0 Å². The van der Waals surface area contributed by atoms with Gasteiger partial charge in [-0.25, -0.2) is 4.79 Å². The molecule has 0 atom stereocenters. The number of rotatable bonds is 6. The first-order chi connectivity index (χ1) is 10.0. The first kappa shape index (κ1) is 15.6. The van der Waals surface area contributed by atoms with Gasteiger partial charge in [-0.2, -0.15) is 12.7 Å². The molecule has 1 aliphatic rings. The third-order valence-electron chi connectivity index (χ3n) is 3.07. The number of methoxy groups -OCH3 is 1. The monoisotopic (exact) mass is 314 g/mol. The van der Waals surface area contributed by atoms with E-state index < -0.39 is 16.2 Å². The highest BCUT2D eigenvalue weighted by atomic mass is 32.2. The van der Waals surface area contributed by atoms with Crippen LogP contribution < -0.4 is 9.46 Å². The molecule has 0 radical (unpaired) electrons. The summed E-state index contributed by atoms with van der Waals surface area (Å²) in [7, 11) is -2.26. The zero-order valence-corrected chi connectivity index (χ0v) is 12.6. The lowest BCUT2D eigenvalue weighted by molar-refractivity contribution is -0.142. The zero-order valence-electron chi connectivity index (χ0n) is 11.7. The molecule has 1 N–H and O–H groups in total. The Morgan fingerprint density at radius 3 is 2.71 bits per heavy atom. The van der Waals surface area contributed by atoms with E-state index in [4.69, 9.17) is 4.74 Å². The van der Waals surface area contributed by atoms with Gasteiger partial charge in [0.15, 0.2) is 6.61 Å². The van der Waals surface area contributed by atoms with Crippen LogP contribution in [0.4, 0.5) is 5.69 Å². The van der Waals surface area contributed by atoms with Gasteiger partial charge in [-0.15, -0.1) is 0 Å². The maximum absolute atomic E-state index is 12.1. The number of nitrogens with zero attached hydrogens (tertiary/aromatic N) is 1. The van der Waals surface area contributed by atoms with Gasteiger partial charge in [0.2, 0.25) is 0 Å². The molecule has 0 spiro atoms. The van der Waals surface area contributed by atoms with Crippen LogP contribution in [0.5, 0.6) is 5.75 Å². The minimum absolute atomic E-state index is 0.223. The van der Waals surface area contributed by atoms with Gasteiger partial charge in [0.1, 0.15) is 5.75 Å². The summed E-state index contributed by atoms with van der Waals surface area (Å²) < 4.78 is 37.9. The molecule has 0 saturated carbocycles. The summed E-state index contributed by atoms with van der Waals surface area (Å²) in [6, 6.07) is 6.43. The van der Waals surface area contributed by atoms with Gasteiger partial charge < -0.3 is 9.47 Å². The molecule has 0 bridgehead atoms. The van der Waals surface area contributed by atoms with Crippen molar-refractivity contribution in [3.8, 4) is 5.75 Å². The molecule has 0 aromatic heterocycles. The Kier molecular flexibility index (Phi) is 5.03. The highest BCUT2D eigenvalue weighted by Gasteiger charge is 2.25. The van der Waals surface area contributed by atoms with Crippen LogP contribution in [-0.4, -0.2) is 45.5 Å². The number of benzene rings is 1. The number of carbonyl (C=O) groups is 1. The van der Waals surface area contributed by atoms with E-state index in [0.29, 0.717) is 24.5 Å². The van der Waals surface area contributed by atoms with Crippen LogP contribution in [0.3, 0.4) is 0 Å². The van der Waals surface area contributed by atoms with Crippen LogP contribution in [0.15, 0.2) is 24.3 Å². The van der Waals surface area contributed by atoms with Crippen LogP contribution in [0.1, 0.15) is 12.8 Å². The average molecular weight is 314 g/mol. The van der Waals surface area contributed by atoms with E-state index in [9.17, 15) is 13.2 Å². The highest BCUT2D eigenvalue weighted by molar-refractivity contribution is 7.90. The molecule has 1 fully saturated rings. The molecular formula is C13H18N2O5S. The number of anilines is 1. The van der Waals surface area contributed by atoms with Crippen molar-refractivity contribution in [1.29, 1.82) is 0 Å². The summed E-state index contributed by atoms with van der Waals surface area (Å²) >= 11 is 0. The van der Waals surface area contributed by atoms with Gasteiger partial charge in [0, 0.05) is 19.2 Å². The Morgan fingerprint density at radius 1 is 1.33 bits per heavy atom. The third-order valence-corrected chi connectivity index (χ3v) is 4.61. The molecule has 1 aromatic rings. The Hall–Kier alpha value is -1.80. The molecule has 1 aromatic carbocycles. The second-order valence-corrected chi connectivity index (χ2v) is 6.28. The maximum atomic E-state index is 12.1. The molecule has 0 amide bonds. The number of ether oxygens (including phenoxy) is 2. The molecule has 2 rings (SSSR count). The molecule has 116 valence electrons. The Balaban J connectivity index is 2.02. The summed E-state index contributed by atoms with van der Waals surface area (Å²) in [4.78, 5) is 11.0. The van der Waals surface area contributed by atoms with E-state index in [2.05, 4.69) is 9.46 Å². The number of nitrogens with one attached hydrogen (secondary N) is 1. The largest absolute Gasteiger partial charge is 0.482 e. The number of hydrogen-bond acceptors (Lipinski definition) is 5. The summed E-state index contributed by atoms with van der Waals surface area (Å²) in [6.07, 6.45) is 1.76. The molecule has 0 unspecified atom stereocenters. The van der Waals surface area contributed by atoms with Crippen LogP contribution in [0.25, 0.3) is 0 Å². The van der Waals surface area contributed by atoms with Gasteiger partial charge in [-0.1, -0.05) is 6.07 Å². The molecule has 8 heteroatoms. The fourth-order valence-corrected chi connectivity index (χ4v) is 3.29. The topological polar surface area (TPSA) is 84.9 Å². The van der Waals surface area contributed by atoms with Gasteiger partial charge in [0.25, 0.3) is 0 Å². The van der Waals surface area contributed by atoms with Crippen molar-refractivity contribution < 1.29 is 22.7 Å². The number of esters is 1. The number of hydrogen-bond donors (Lipinski definition) is 1. The Bertz CT molecular complexity index is 596. The van der Waals surface area contributed by atoms with Crippen molar-refractivity contribution >= 4 is 21.9 Å². The molecule has 1 saturated heterocycles. The fraction of sp³-hybridized carbons (Fsp3) is 0.462. The Morgan fingerprint density at radius 2 is 2.05 bits per heavy atom. The van der Waals surface area contributed by atoms with Gasteiger partial charge in [-0.05, 0) is 25.0 Å². The smallest absolute Gasteiger partial charge is 0.343 e. The summed E-state index contributed by atoms with van der Waals surface area (Å²) in [5.41, 5.74) is 0.393. The van der Waals surface area contributed by atoms with Gasteiger partial charge in [-0.3, -0.25) is 4.72 Å². The van der Waals surface area contributed by atoms with E-state index in [-0.39, 0.29) is 6.61 Å². The average Bonchev–Trinajstić information content (AvgIpc) is 2.99. The third kappa shape index (κ3) is 4.33. The van der Waals surface area contributed by atoms with Crippen LogP contribution in [-0.2, 0) is 19.7 Å². The van der Waals surface area contributed by atoms with Crippen LogP contribution in [0, 0.1) is 0 Å². The van der Waals surface area contributed by atoms with Crippen molar-refractivity contribution in [3.63, 3.8) is 0 Å². The molecule has 21 heavy (non-hydrogen) atoms. The quantitative estimate of drug-likeness (QED) is 0.792. The van der Waals surface area contributed by atoms with E-state index >= 15 is 0 Å². The van der Waals surface area contributed by atoms with Crippen LogP contribution >= 0.6 is 0 Å². The molecule has 1 heterocycles. The van der Waals surface area contributed by atoms with E-state index in [1.165, 1.54) is 17.5 Å². The standard InChI is InChI=1S/C13H18N2O5S/c1-19-13(16)10-20-12-6-4-5-11(9-12)14-21(17,18)15-7-2-3-8-15/h4-6,9,14H,2-3,7-8,10H2,1H3. The normalized spacial score (nSPS) is 15.7. The minimum atomic E-state index is -3.53. The lowest BCUT2D eigenvalue weighted by Crippen LogP contribution is -2.33. The molecular weight excluding hydrogens is 296 g/mol. The second-order valence-electron chi connectivity index (χ2n) is 4.61. The number of carbonyl (C=O) groups excluding carboxylic acids is 1. The zero-order chi connectivity index (χ0) is 15.3. The molecule has 0 aliphatic carbocycles. The van der Waals surface area contributed by atoms with E-state index in [1.807, 2.05) is 0 Å². The van der Waals surface area contributed by atoms with Gasteiger partial charge in [0.05, 0.1) is 12.8 Å². The summed E-state index contributed by atoms with van der Waals surface area (Å²) in [6.45, 7) is 0.848. The van der Waals surface area contributed by atoms with E-state index in [1.54, 1.807) is 18.2 Å². The van der Waals surface area contributed by atoms with Crippen molar-refractivity contribution in [1.82, 2.24) is 4.31 Å². The summed E-state index contributed by atoms with van der Waals surface area (Å²) in [5.74, 6) is -0.111. The van der Waals surface area contributed by atoms with Gasteiger partial charge >= 0.3 is 16.2 Å². The maximum Gasteiger partial charge on any atom is 0.343 e. The minimum Gasteiger partial charge on any atom is -0.482 e. The fourth-order valence-electron chi connectivity index (χ4n) is 1.99.